The quantitative estimate of drug-likeness (QED) is 0.147. The monoisotopic (exact) mass is 593 g/mol. The summed E-state index contributed by atoms with van der Waals surface area (Å²) in [7, 11) is -7.34. The van der Waals surface area contributed by atoms with Crippen LogP contribution in [0.4, 0.5) is 0 Å². The number of Topliss-reactive ketones (excluding diaryl/α,β-unsaturated/α-hetero) is 1. The maximum atomic E-state index is 12.9. The van der Waals surface area contributed by atoms with Crippen molar-refractivity contribution in [2.75, 3.05) is 5.75 Å². The highest BCUT2D eigenvalue weighted by Crippen LogP contribution is 2.55. The molecule has 0 aliphatic heterocycles. The van der Waals surface area contributed by atoms with Gasteiger partial charge < -0.3 is 4.42 Å². The van der Waals surface area contributed by atoms with Gasteiger partial charge in [-0.25, -0.2) is 18.6 Å². The molecule has 0 bridgehead atoms. The highest BCUT2D eigenvalue weighted by molar-refractivity contribution is 8.04. The molecule has 1 aromatic heterocycles. The molecule has 0 aliphatic rings. The van der Waals surface area contributed by atoms with Gasteiger partial charge in [0.1, 0.15) is 15.9 Å². The van der Waals surface area contributed by atoms with Crippen LogP contribution in [0.1, 0.15) is 16.2 Å². The zero-order chi connectivity index (χ0) is 28.6. The van der Waals surface area contributed by atoms with E-state index >= 15 is 0 Å². The summed E-state index contributed by atoms with van der Waals surface area (Å²) in [6.07, 6.45) is 0. The first-order valence-electron chi connectivity index (χ1n) is 12.1. The Morgan fingerprint density at radius 2 is 1.10 bits per heavy atom. The molecule has 0 spiro atoms. The van der Waals surface area contributed by atoms with Crippen LogP contribution in [0.3, 0.4) is 0 Å². The number of carbonyl (C=O) groups is 1. The number of oxazole rings is 1. The largest absolute Gasteiger partial charge is 0.430 e. The van der Waals surface area contributed by atoms with Crippen LogP contribution in [0.25, 0.3) is 0 Å². The number of halogens is 1. The maximum Gasteiger partial charge on any atom is 0.250 e. The van der Waals surface area contributed by atoms with Crippen LogP contribution in [0.15, 0.2) is 131 Å². The van der Waals surface area contributed by atoms with E-state index in [2.05, 4.69) is 72.8 Å². The number of thioether (sulfide) groups is 1. The van der Waals surface area contributed by atoms with E-state index in [0.29, 0.717) is 16.5 Å². The third-order valence-corrected chi connectivity index (χ3v) is 11.1. The van der Waals surface area contributed by atoms with Crippen molar-refractivity contribution in [3.63, 3.8) is 0 Å². The molecule has 1 heterocycles. The lowest BCUT2D eigenvalue weighted by molar-refractivity contribution is -2.00. The molecule has 0 amide bonds. The molecule has 0 unspecified atom stereocenters. The van der Waals surface area contributed by atoms with E-state index in [-0.39, 0.29) is 11.5 Å². The van der Waals surface area contributed by atoms with Crippen molar-refractivity contribution in [1.29, 1.82) is 0 Å². The van der Waals surface area contributed by atoms with Gasteiger partial charge in [-0.2, -0.15) is 4.98 Å². The molecule has 0 radical (unpaired) electrons. The number of benzene rings is 4. The van der Waals surface area contributed by atoms with Crippen molar-refractivity contribution >= 4 is 46.2 Å². The molecule has 0 atom stereocenters. The number of rotatable bonds is 8. The molecular formula is C30H25ClNO6PS. The lowest BCUT2D eigenvalue weighted by Crippen LogP contribution is -2.68. The molecule has 0 fully saturated rings. The van der Waals surface area contributed by atoms with Crippen LogP contribution in [-0.2, 0) is 0 Å². The SMILES string of the molecule is Cc1nc([P+](c2ccccc2)(c2ccccc2)c2ccccc2)c(SCC(=O)c2ccccc2)o1.[O-][Cl+3]([O-])([O-])[O-]. The number of carbonyl (C=O) groups excluding carboxylic acids is 1. The number of nitrogens with zero attached hydrogens (tertiary/aromatic N) is 1. The van der Waals surface area contributed by atoms with Crippen molar-refractivity contribution in [1.82, 2.24) is 4.98 Å². The molecule has 5 aromatic rings. The summed E-state index contributed by atoms with van der Waals surface area (Å²) in [5.41, 5.74) is 1.61. The van der Waals surface area contributed by atoms with Gasteiger partial charge in [0.2, 0.25) is 5.09 Å². The Balaban J connectivity index is 0.000000681. The summed E-state index contributed by atoms with van der Waals surface area (Å²) in [4.78, 5) is 17.9. The number of ketones is 1. The summed E-state index contributed by atoms with van der Waals surface area (Å²) in [5, 5.41) is 4.29. The zero-order valence-electron chi connectivity index (χ0n) is 21.4. The Bertz CT molecular complexity index is 1410. The standard InChI is InChI=1S/C30H25NO2PS.ClHO4/c1-23-31-29(30(33-23)35-22-28(32)24-14-6-2-7-15-24)34(25-16-8-3-9-17-25,26-18-10-4-11-19-26)27-20-12-5-13-21-27;2-1(3,4)5/h2-21H,22H2,1H3;(H,2,3,4,5)/q+1;/p-1. The lowest BCUT2D eigenvalue weighted by atomic mass is 10.2. The minimum absolute atomic E-state index is 0.0682. The molecule has 0 N–H and O–H groups in total. The van der Waals surface area contributed by atoms with Gasteiger partial charge in [0, 0.05) is 12.5 Å². The van der Waals surface area contributed by atoms with Gasteiger partial charge in [0.05, 0.1) is 5.75 Å². The highest BCUT2D eigenvalue weighted by atomic mass is 35.7. The third kappa shape index (κ3) is 7.24. The first-order valence-corrected chi connectivity index (χ1v) is 16.1. The Morgan fingerprint density at radius 3 is 1.50 bits per heavy atom. The molecule has 40 heavy (non-hydrogen) atoms. The molecule has 7 nitrogen and oxygen atoms in total. The lowest BCUT2D eigenvalue weighted by Gasteiger charge is -2.25. The van der Waals surface area contributed by atoms with E-state index in [1.807, 2.05) is 55.5 Å². The second-order valence-electron chi connectivity index (χ2n) is 8.48. The van der Waals surface area contributed by atoms with Gasteiger partial charge in [0.15, 0.2) is 18.9 Å². The Labute approximate surface area is 239 Å². The van der Waals surface area contributed by atoms with Crippen LogP contribution < -0.4 is 40.0 Å². The molecule has 4 aromatic carbocycles. The number of aryl methyl sites for hydroxylation is 1. The van der Waals surface area contributed by atoms with E-state index in [1.165, 1.54) is 27.7 Å². The van der Waals surface area contributed by atoms with E-state index in [0.717, 1.165) is 5.44 Å². The van der Waals surface area contributed by atoms with Gasteiger partial charge in [-0.3, -0.25) is 4.79 Å². The molecule has 204 valence electrons. The van der Waals surface area contributed by atoms with Crippen LogP contribution in [-0.4, -0.2) is 16.5 Å². The summed E-state index contributed by atoms with van der Waals surface area (Å²) in [6.45, 7) is 1.88. The van der Waals surface area contributed by atoms with Crippen LogP contribution in [0, 0.1) is 17.2 Å². The van der Waals surface area contributed by atoms with E-state index in [1.54, 1.807) is 0 Å². The van der Waals surface area contributed by atoms with Crippen molar-refractivity contribution < 1.29 is 38.1 Å². The smallest absolute Gasteiger partial charge is 0.250 e. The Hall–Kier alpha value is -3.33. The van der Waals surface area contributed by atoms with E-state index in [9.17, 15) is 4.79 Å². The summed E-state index contributed by atoms with van der Waals surface area (Å²) >= 11 is 1.43. The van der Waals surface area contributed by atoms with E-state index < -0.39 is 17.5 Å². The number of aromatic nitrogens is 1. The number of hydrogen-bond acceptors (Lipinski definition) is 8. The Morgan fingerprint density at radius 1 is 0.725 bits per heavy atom. The minimum atomic E-state index is -4.94. The zero-order valence-corrected chi connectivity index (χ0v) is 23.9. The second-order valence-corrected chi connectivity index (χ2v) is 13.5. The van der Waals surface area contributed by atoms with Crippen molar-refractivity contribution in [2.24, 2.45) is 0 Å². The summed E-state index contributed by atoms with van der Waals surface area (Å²) < 4.78 is 40.2. The van der Waals surface area contributed by atoms with Gasteiger partial charge in [0.25, 0.3) is 5.44 Å². The fourth-order valence-corrected chi connectivity index (χ4v) is 9.79. The summed E-state index contributed by atoms with van der Waals surface area (Å²) in [5.74, 6) is 0.949. The molecule has 0 saturated heterocycles. The van der Waals surface area contributed by atoms with Crippen LogP contribution in [0.5, 0.6) is 0 Å². The van der Waals surface area contributed by atoms with Crippen molar-refractivity contribution in [2.45, 2.75) is 12.0 Å². The molecule has 5 rings (SSSR count). The minimum Gasteiger partial charge on any atom is -0.430 e. The molecular weight excluding hydrogens is 569 g/mol. The average Bonchev–Trinajstić information content (AvgIpc) is 3.34. The predicted molar refractivity (Wildman–Crippen MR) is 148 cm³/mol. The predicted octanol–water partition coefficient (Wildman–Crippen LogP) is 0.821. The highest BCUT2D eigenvalue weighted by Gasteiger charge is 2.52. The third-order valence-electron chi connectivity index (χ3n) is 5.86. The normalized spacial score (nSPS) is 11.4. The maximum absolute atomic E-state index is 12.9. The molecule has 0 saturated carbocycles. The van der Waals surface area contributed by atoms with Crippen molar-refractivity contribution in [3.05, 3.63) is 133 Å². The fourth-order valence-electron chi connectivity index (χ4n) is 4.31. The van der Waals surface area contributed by atoms with Gasteiger partial charge >= 0.3 is 0 Å². The van der Waals surface area contributed by atoms with Crippen molar-refractivity contribution in [3.8, 4) is 0 Å². The topological polar surface area (TPSA) is 135 Å². The Kier molecular flexibility index (Phi) is 9.90. The number of hydrogen-bond donors (Lipinski definition) is 0. The van der Waals surface area contributed by atoms with E-state index in [4.69, 9.17) is 28.0 Å². The van der Waals surface area contributed by atoms with Gasteiger partial charge in [-0.15, -0.1) is 10.2 Å². The molecule has 0 aliphatic carbocycles. The van der Waals surface area contributed by atoms with Crippen LogP contribution in [0.2, 0.25) is 0 Å². The van der Waals surface area contributed by atoms with Crippen LogP contribution >= 0.6 is 19.0 Å². The fraction of sp³-hybridized carbons (Fsp3) is 0.0667. The summed E-state index contributed by atoms with van der Waals surface area (Å²) in [6, 6.07) is 41.1. The first kappa shape index (κ1) is 29.6. The second kappa shape index (κ2) is 13.4. The first-order chi connectivity index (χ1) is 19.2. The van der Waals surface area contributed by atoms with Gasteiger partial charge in [-0.05, 0) is 36.4 Å². The molecule has 10 heteroatoms. The van der Waals surface area contributed by atoms with Gasteiger partial charge in [-0.1, -0.05) is 96.7 Å². The average molecular weight is 594 g/mol.